The average molecular weight is 370 g/mol. The smallest absolute Gasteiger partial charge is 0.259 e. The lowest BCUT2D eigenvalue weighted by molar-refractivity contribution is 0.0948. The first-order valence-electron chi connectivity index (χ1n) is 7.16. The Labute approximate surface area is 137 Å². The van der Waals surface area contributed by atoms with Crippen LogP contribution in [0.4, 0.5) is 0 Å². The molecule has 1 saturated heterocycles. The van der Waals surface area contributed by atoms with Crippen molar-refractivity contribution in [2.75, 3.05) is 26.7 Å². The molecule has 1 fully saturated rings. The highest BCUT2D eigenvalue weighted by molar-refractivity contribution is 9.10. The van der Waals surface area contributed by atoms with Gasteiger partial charge in [-0.1, -0.05) is 0 Å². The van der Waals surface area contributed by atoms with E-state index < -0.39 is 0 Å². The number of fused-ring (bicyclic) bond motifs is 1. The number of piperazine rings is 1. The minimum atomic E-state index is 0.0853. The average Bonchev–Trinajstić information content (AvgIpc) is 2.84. The molecule has 1 aliphatic heterocycles. The van der Waals surface area contributed by atoms with Crippen LogP contribution in [0.3, 0.4) is 0 Å². The number of likely N-dealkylation sites (N-methyl/N-ethyl adjacent to an activating group) is 1. The molecule has 1 atom stereocenters. The Hall–Kier alpha value is -0.690. The number of halogens is 1. The van der Waals surface area contributed by atoms with E-state index in [1.54, 1.807) is 23.0 Å². The number of thiophene rings is 1. The minimum Gasteiger partial charge on any atom is -0.317 e. The Morgan fingerprint density at radius 2 is 2.14 bits per heavy atom. The molecular weight excluding hydrogens is 350 g/mol. The SMILES string of the molecule is CC1CN(C)CCN1Cc1cc2c(=O)n(C)cc(Br)c2s1. The van der Waals surface area contributed by atoms with E-state index in [9.17, 15) is 4.79 Å². The lowest BCUT2D eigenvalue weighted by Crippen LogP contribution is -2.49. The molecule has 0 radical (unpaired) electrons. The number of pyridine rings is 1. The van der Waals surface area contributed by atoms with Gasteiger partial charge in [0.05, 0.1) is 14.6 Å². The molecule has 0 spiro atoms. The molecule has 114 valence electrons. The van der Waals surface area contributed by atoms with Gasteiger partial charge in [-0.3, -0.25) is 9.69 Å². The van der Waals surface area contributed by atoms with Crippen LogP contribution in [0.25, 0.3) is 10.1 Å². The van der Waals surface area contributed by atoms with E-state index in [0.29, 0.717) is 6.04 Å². The third-order valence-corrected chi connectivity index (χ3v) is 6.20. The first-order chi connectivity index (χ1) is 9.95. The summed E-state index contributed by atoms with van der Waals surface area (Å²) in [5.74, 6) is 0. The number of aryl methyl sites for hydroxylation is 1. The number of nitrogens with zero attached hydrogens (tertiary/aromatic N) is 3. The summed E-state index contributed by atoms with van der Waals surface area (Å²) in [6.45, 7) is 6.52. The molecular formula is C15H20BrN3OS. The van der Waals surface area contributed by atoms with Crippen LogP contribution in [-0.4, -0.2) is 47.1 Å². The molecule has 3 rings (SSSR count). The van der Waals surface area contributed by atoms with E-state index in [-0.39, 0.29) is 5.56 Å². The second kappa shape index (κ2) is 5.83. The van der Waals surface area contributed by atoms with Crippen molar-refractivity contribution in [2.45, 2.75) is 19.5 Å². The van der Waals surface area contributed by atoms with E-state index in [1.807, 2.05) is 6.20 Å². The van der Waals surface area contributed by atoms with Crippen molar-refractivity contribution in [3.63, 3.8) is 0 Å². The summed E-state index contributed by atoms with van der Waals surface area (Å²) in [6.07, 6.45) is 1.85. The normalized spacial score (nSPS) is 21.2. The van der Waals surface area contributed by atoms with E-state index in [4.69, 9.17) is 0 Å². The van der Waals surface area contributed by atoms with Gasteiger partial charge in [-0.15, -0.1) is 11.3 Å². The fourth-order valence-electron chi connectivity index (χ4n) is 2.95. The number of aromatic nitrogens is 1. The molecule has 3 heterocycles. The molecule has 1 unspecified atom stereocenters. The van der Waals surface area contributed by atoms with Crippen LogP contribution in [0.2, 0.25) is 0 Å². The molecule has 0 N–H and O–H groups in total. The molecule has 21 heavy (non-hydrogen) atoms. The van der Waals surface area contributed by atoms with Gasteiger partial charge in [-0.05, 0) is 36.0 Å². The first-order valence-corrected chi connectivity index (χ1v) is 8.77. The fourth-order valence-corrected chi connectivity index (χ4v) is 4.79. The van der Waals surface area contributed by atoms with Crippen molar-refractivity contribution < 1.29 is 0 Å². The van der Waals surface area contributed by atoms with E-state index in [0.717, 1.165) is 40.7 Å². The molecule has 0 aromatic carbocycles. The fraction of sp³-hybridized carbons (Fsp3) is 0.533. The van der Waals surface area contributed by atoms with Gasteiger partial charge in [0.2, 0.25) is 0 Å². The monoisotopic (exact) mass is 369 g/mol. The standard InChI is InChI=1S/C15H20BrN3OS/c1-10-7-17(2)4-5-19(10)8-11-6-12-14(21-11)13(16)9-18(3)15(12)20/h6,9-10H,4-5,7-8H2,1-3H3. The molecule has 0 amide bonds. The largest absolute Gasteiger partial charge is 0.317 e. The number of rotatable bonds is 2. The highest BCUT2D eigenvalue weighted by atomic mass is 79.9. The zero-order valence-electron chi connectivity index (χ0n) is 12.6. The summed E-state index contributed by atoms with van der Waals surface area (Å²) in [5.41, 5.74) is 0.0853. The van der Waals surface area contributed by atoms with Crippen molar-refractivity contribution in [2.24, 2.45) is 7.05 Å². The molecule has 1 aliphatic rings. The third-order valence-electron chi connectivity index (χ3n) is 4.18. The number of hydrogen-bond acceptors (Lipinski definition) is 4. The minimum absolute atomic E-state index is 0.0853. The molecule has 0 aliphatic carbocycles. The van der Waals surface area contributed by atoms with Gasteiger partial charge < -0.3 is 9.47 Å². The summed E-state index contributed by atoms with van der Waals surface area (Å²) < 4.78 is 3.71. The Kier molecular flexibility index (Phi) is 4.23. The van der Waals surface area contributed by atoms with Crippen LogP contribution in [0.15, 0.2) is 21.5 Å². The van der Waals surface area contributed by atoms with Gasteiger partial charge in [-0.25, -0.2) is 0 Å². The zero-order chi connectivity index (χ0) is 15.1. The molecule has 6 heteroatoms. The lowest BCUT2D eigenvalue weighted by atomic mass is 10.2. The molecule has 0 bridgehead atoms. The van der Waals surface area contributed by atoms with Crippen LogP contribution in [0.1, 0.15) is 11.8 Å². The van der Waals surface area contributed by atoms with Gasteiger partial charge in [0.15, 0.2) is 0 Å². The summed E-state index contributed by atoms with van der Waals surface area (Å²) in [7, 11) is 3.97. The molecule has 4 nitrogen and oxygen atoms in total. The maximum atomic E-state index is 12.2. The lowest BCUT2D eigenvalue weighted by Gasteiger charge is -2.37. The van der Waals surface area contributed by atoms with Crippen molar-refractivity contribution >= 4 is 37.4 Å². The first kappa shape index (κ1) is 15.2. The molecule has 2 aromatic rings. The van der Waals surface area contributed by atoms with Crippen molar-refractivity contribution in [3.05, 3.63) is 32.0 Å². The Morgan fingerprint density at radius 1 is 1.38 bits per heavy atom. The summed E-state index contributed by atoms with van der Waals surface area (Å²) in [6, 6.07) is 2.62. The van der Waals surface area contributed by atoms with Gasteiger partial charge in [0, 0.05) is 50.3 Å². The van der Waals surface area contributed by atoms with E-state index in [2.05, 4.69) is 45.8 Å². The predicted molar refractivity (Wildman–Crippen MR) is 92.1 cm³/mol. The van der Waals surface area contributed by atoms with Crippen LogP contribution < -0.4 is 5.56 Å². The molecule has 2 aromatic heterocycles. The van der Waals surface area contributed by atoms with Crippen LogP contribution in [0, 0.1) is 0 Å². The van der Waals surface area contributed by atoms with Crippen LogP contribution in [0.5, 0.6) is 0 Å². The van der Waals surface area contributed by atoms with E-state index >= 15 is 0 Å². The quantitative estimate of drug-likeness (QED) is 0.813. The van der Waals surface area contributed by atoms with E-state index in [1.165, 1.54) is 4.88 Å². The third kappa shape index (κ3) is 2.95. The van der Waals surface area contributed by atoms with Gasteiger partial charge >= 0.3 is 0 Å². The Morgan fingerprint density at radius 3 is 2.86 bits per heavy atom. The Balaban J connectivity index is 1.90. The molecule has 0 saturated carbocycles. The summed E-state index contributed by atoms with van der Waals surface area (Å²) in [5, 5.41) is 0.827. The van der Waals surface area contributed by atoms with Crippen molar-refractivity contribution in [1.82, 2.24) is 14.4 Å². The predicted octanol–water partition coefficient (Wildman–Crippen LogP) is 2.50. The van der Waals surface area contributed by atoms with Gasteiger partial charge in [-0.2, -0.15) is 0 Å². The zero-order valence-corrected chi connectivity index (χ0v) is 15.0. The second-order valence-electron chi connectivity index (χ2n) is 5.93. The number of hydrogen-bond donors (Lipinski definition) is 0. The summed E-state index contributed by atoms with van der Waals surface area (Å²) in [4.78, 5) is 18.4. The maximum absolute atomic E-state index is 12.2. The van der Waals surface area contributed by atoms with Crippen molar-refractivity contribution in [3.8, 4) is 0 Å². The maximum Gasteiger partial charge on any atom is 0.259 e. The Bertz CT molecular complexity index is 724. The van der Waals surface area contributed by atoms with Crippen molar-refractivity contribution in [1.29, 1.82) is 0 Å². The van der Waals surface area contributed by atoms with Gasteiger partial charge in [0.1, 0.15) is 0 Å². The van der Waals surface area contributed by atoms with Crippen LogP contribution in [-0.2, 0) is 13.6 Å². The highest BCUT2D eigenvalue weighted by Crippen LogP contribution is 2.31. The second-order valence-corrected chi connectivity index (χ2v) is 7.92. The highest BCUT2D eigenvalue weighted by Gasteiger charge is 2.22. The van der Waals surface area contributed by atoms with Crippen LogP contribution >= 0.6 is 27.3 Å². The summed E-state index contributed by atoms with van der Waals surface area (Å²) >= 11 is 5.30. The van der Waals surface area contributed by atoms with Gasteiger partial charge in [0.25, 0.3) is 5.56 Å². The topological polar surface area (TPSA) is 28.5 Å².